The van der Waals surface area contributed by atoms with Gasteiger partial charge in [-0.25, -0.2) is 0 Å². The van der Waals surface area contributed by atoms with Gasteiger partial charge in [0.1, 0.15) is 11.4 Å². The van der Waals surface area contributed by atoms with E-state index in [-0.39, 0.29) is 27.4 Å². The van der Waals surface area contributed by atoms with Gasteiger partial charge >= 0.3 is 0 Å². The molecule has 21 heavy (non-hydrogen) atoms. The van der Waals surface area contributed by atoms with E-state index in [4.69, 9.17) is 9.47 Å². The first-order valence-corrected chi connectivity index (χ1v) is 8.99. The SMILES string of the molecule is CC1(C)O[C@H]2CCC(C)(C)[C@]3(CCC(=O)[C@@H](Br)C3)[C@@]2(C)O1. The smallest absolute Gasteiger partial charge is 0.164 e. The average Bonchev–Trinajstić information content (AvgIpc) is 2.60. The van der Waals surface area contributed by atoms with Crippen LogP contribution >= 0.6 is 15.9 Å². The summed E-state index contributed by atoms with van der Waals surface area (Å²) in [6.45, 7) is 10.9. The van der Waals surface area contributed by atoms with E-state index < -0.39 is 5.79 Å². The Labute approximate surface area is 136 Å². The number of carbonyl (C=O) groups is 1. The van der Waals surface area contributed by atoms with Crippen LogP contribution < -0.4 is 0 Å². The summed E-state index contributed by atoms with van der Waals surface area (Å²) in [4.78, 5) is 12.0. The third-order valence-electron chi connectivity index (χ3n) is 6.45. The van der Waals surface area contributed by atoms with Gasteiger partial charge in [0, 0.05) is 11.8 Å². The predicted octanol–water partition coefficient (Wildman–Crippen LogP) is 4.22. The molecule has 3 fully saturated rings. The Hall–Kier alpha value is 0.0700. The molecule has 2 saturated carbocycles. The van der Waals surface area contributed by atoms with Crippen molar-refractivity contribution in [1.29, 1.82) is 0 Å². The molecule has 4 heteroatoms. The molecule has 3 rings (SSSR count). The molecule has 1 spiro atoms. The molecule has 0 aromatic rings. The molecule has 3 nitrogen and oxygen atoms in total. The van der Waals surface area contributed by atoms with Crippen LogP contribution in [0.15, 0.2) is 0 Å². The van der Waals surface area contributed by atoms with E-state index >= 15 is 0 Å². The van der Waals surface area contributed by atoms with Crippen molar-refractivity contribution in [3.63, 3.8) is 0 Å². The molecule has 0 unspecified atom stereocenters. The maximum absolute atomic E-state index is 12.0. The van der Waals surface area contributed by atoms with Gasteiger partial charge < -0.3 is 9.47 Å². The number of ketones is 1. The second-order valence-corrected chi connectivity index (χ2v) is 9.46. The van der Waals surface area contributed by atoms with Crippen LogP contribution in [0.5, 0.6) is 0 Å². The van der Waals surface area contributed by atoms with Crippen LogP contribution in [0.25, 0.3) is 0 Å². The molecule has 1 heterocycles. The molecule has 1 aliphatic heterocycles. The number of Topliss-reactive ketones (excluding diaryl/α,β-unsaturated/α-hetero) is 1. The fourth-order valence-electron chi connectivity index (χ4n) is 5.28. The standard InChI is InChI=1S/C17H27BrO3/c1-14(2)8-7-13-16(5,21-15(3,4)20-13)17(14)9-6-12(19)11(18)10-17/h11,13H,6-10H2,1-5H3/t11-,13-,16-,17+/m0/s1. The van der Waals surface area contributed by atoms with Crippen molar-refractivity contribution in [1.82, 2.24) is 0 Å². The summed E-state index contributed by atoms with van der Waals surface area (Å²) >= 11 is 3.62. The van der Waals surface area contributed by atoms with Crippen molar-refractivity contribution < 1.29 is 14.3 Å². The number of hydrogen-bond donors (Lipinski definition) is 0. The lowest BCUT2D eigenvalue weighted by atomic mass is 9.46. The van der Waals surface area contributed by atoms with E-state index in [1.54, 1.807) is 0 Å². The van der Waals surface area contributed by atoms with E-state index in [1.807, 2.05) is 13.8 Å². The van der Waals surface area contributed by atoms with Crippen molar-refractivity contribution in [3.8, 4) is 0 Å². The fourth-order valence-corrected chi connectivity index (χ4v) is 6.06. The molecule has 0 bridgehead atoms. The molecule has 0 radical (unpaired) electrons. The largest absolute Gasteiger partial charge is 0.344 e. The minimum Gasteiger partial charge on any atom is -0.344 e. The fraction of sp³-hybridized carbons (Fsp3) is 0.941. The molecule has 1 saturated heterocycles. The highest BCUT2D eigenvalue weighted by Crippen LogP contribution is 2.66. The lowest BCUT2D eigenvalue weighted by molar-refractivity contribution is -0.221. The van der Waals surface area contributed by atoms with E-state index in [1.165, 1.54) is 0 Å². The Morgan fingerprint density at radius 2 is 1.81 bits per heavy atom. The third-order valence-corrected chi connectivity index (χ3v) is 7.29. The maximum atomic E-state index is 12.0. The summed E-state index contributed by atoms with van der Waals surface area (Å²) in [5.74, 6) is -0.198. The van der Waals surface area contributed by atoms with Crippen LogP contribution in [0.1, 0.15) is 66.7 Å². The van der Waals surface area contributed by atoms with Crippen LogP contribution in [0.4, 0.5) is 0 Å². The van der Waals surface area contributed by atoms with E-state index in [0.29, 0.717) is 12.2 Å². The number of carbonyl (C=O) groups excluding carboxylic acids is 1. The maximum Gasteiger partial charge on any atom is 0.164 e. The predicted molar refractivity (Wildman–Crippen MR) is 85.5 cm³/mol. The van der Waals surface area contributed by atoms with Gasteiger partial charge in [-0.2, -0.15) is 0 Å². The molecule has 0 aromatic carbocycles. The van der Waals surface area contributed by atoms with Crippen molar-refractivity contribution in [2.24, 2.45) is 10.8 Å². The topological polar surface area (TPSA) is 35.5 Å². The van der Waals surface area contributed by atoms with Crippen molar-refractivity contribution in [2.75, 3.05) is 0 Å². The second-order valence-electron chi connectivity index (χ2n) is 8.36. The first-order valence-electron chi connectivity index (χ1n) is 8.08. The number of halogens is 1. The van der Waals surface area contributed by atoms with Gasteiger partial charge in [-0.1, -0.05) is 29.8 Å². The van der Waals surface area contributed by atoms with E-state index in [0.717, 1.165) is 25.7 Å². The molecule has 0 amide bonds. The van der Waals surface area contributed by atoms with Crippen molar-refractivity contribution in [3.05, 3.63) is 0 Å². The normalized spacial score (nSPS) is 48.4. The zero-order valence-corrected chi connectivity index (χ0v) is 15.4. The Morgan fingerprint density at radius 3 is 2.43 bits per heavy atom. The molecule has 3 aliphatic rings. The second kappa shape index (κ2) is 4.55. The molecule has 4 atom stereocenters. The lowest BCUT2D eigenvalue weighted by Gasteiger charge is -2.62. The van der Waals surface area contributed by atoms with Gasteiger partial charge in [-0.05, 0) is 51.9 Å². The monoisotopic (exact) mass is 358 g/mol. The minimum absolute atomic E-state index is 0.0151. The average molecular weight is 359 g/mol. The summed E-state index contributed by atoms with van der Waals surface area (Å²) in [7, 11) is 0. The Kier molecular flexibility index (Phi) is 3.45. The van der Waals surface area contributed by atoms with Crippen molar-refractivity contribution in [2.45, 2.75) is 89.0 Å². The third kappa shape index (κ3) is 2.08. The van der Waals surface area contributed by atoms with Crippen LogP contribution in [-0.2, 0) is 14.3 Å². The Bertz CT molecular complexity index is 473. The van der Waals surface area contributed by atoms with Gasteiger partial charge in [-0.15, -0.1) is 0 Å². The van der Waals surface area contributed by atoms with E-state index in [2.05, 4.69) is 36.7 Å². The summed E-state index contributed by atoms with van der Waals surface area (Å²) in [6.07, 6.45) is 4.70. The summed E-state index contributed by atoms with van der Waals surface area (Å²) in [5, 5.41) is 0. The molecular formula is C17H27BrO3. The van der Waals surface area contributed by atoms with Gasteiger partial charge in [0.05, 0.1) is 10.9 Å². The first kappa shape index (κ1) is 15.9. The molecule has 0 N–H and O–H groups in total. The van der Waals surface area contributed by atoms with Gasteiger partial charge in [0.15, 0.2) is 5.79 Å². The lowest BCUT2D eigenvalue weighted by Crippen LogP contribution is -2.65. The highest BCUT2D eigenvalue weighted by molar-refractivity contribution is 9.10. The highest BCUT2D eigenvalue weighted by atomic mass is 79.9. The first-order chi connectivity index (χ1) is 9.53. The van der Waals surface area contributed by atoms with Crippen LogP contribution in [0, 0.1) is 10.8 Å². The minimum atomic E-state index is -0.532. The molecule has 2 aliphatic carbocycles. The van der Waals surface area contributed by atoms with Crippen LogP contribution in [0.3, 0.4) is 0 Å². The summed E-state index contributed by atoms with van der Waals surface area (Å²) < 4.78 is 12.7. The quantitative estimate of drug-likeness (QED) is 0.608. The Balaban J connectivity index is 2.07. The number of fused-ring (bicyclic) bond motifs is 2. The summed E-state index contributed by atoms with van der Waals surface area (Å²) in [6, 6.07) is 0. The summed E-state index contributed by atoms with van der Waals surface area (Å²) in [5.41, 5.74) is -0.182. The number of hydrogen-bond acceptors (Lipinski definition) is 3. The molecule has 120 valence electrons. The van der Waals surface area contributed by atoms with Crippen LogP contribution in [0.2, 0.25) is 0 Å². The van der Waals surface area contributed by atoms with Gasteiger partial charge in [0.2, 0.25) is 0 Å². The van der Waals surface area contributed by atoms with Crippen LogP contribution in [-0.4, -0.2) is 28.1 Å². The highest BCUT2D eigenvalue weighted by Gasteiger charge is 2.69. The van der Waals surface area contributed by atoms with Gasteiger partial charge in [0.25, 0.3) is 0 Å². The zero-order valence-electron chi connectivity index (χ0n) is 13.8. The Morgan fingerprint density at radius 1 is 1.14 bits per heavy atom. The van der Waals surface area contributed by atoms with Crippen molar-refractivity contribution >= 4 is 21.7 Å². The molecular weight excluding hydrogens is 332 g/mol. The number of ether oxygens (including phenoxy) is 2. The number of rotatable bonds is 0. The van der Waals surface area contributed by atoms with Gasteiger partial charge in [-0.3, -0.25) is 4.79 Å². The molecule has 0 aromatic heterocycles. The zero-order chi connectivity index (χ0) is 15.7. The van der Waals surface area contributed by atoms with E-state index in [9.17, 15) is 4.79 Å². The number of alkyl halides is 1.